The number of aryl methyl sites for hydroxylation is 3. The second-order valence-electron chi connectivity index (χ2n) is 10.9. The van der Waals surface area contributed by atoms with E-state index in [4.69, 9.17) is 4.74 Å². The third-order valence-corrected chi connectivity index (χ3v) is 8.23. The van der Waals surface area contributed by atoms with E-state index in [0.717, 1.165) is 66.4 Å². The highest BCUT2D eigenvalue weighted by atomic mass is 19.1. The lowest BCUT2D eigenvalue weighted by molar-refractivity contribution is -0.132. The smallest absolute Gasteiger partial charge is 0.283 e. The molecule has 1 amide bonds. The summed E-state index contributed by atoms with van der Waals surface area (Å²) in [5.41, 5.74) is 4.68. The van der Waals surface area contributed by atoms with Gasteiger partial charge >= 0.3 is 0 Å². The molecule has 3 heterocycles. The van der Waals surface area contributed by atoms with Crippen molar-refractivity contribution in [3.63, 3.8) is 0 Å². The molecule has 1 aliphatic rings. The minimum Gasteiger partial charge on any atom is -0.385 e. The summed E-state index contributed by atoms with van der Waals surface area (Å²) in [6, 6.07) is 14.3. The number of carbonyl (C=O) groups excluding carboxylic acids is 1. The van der Waals surface area contributed by atoms with Gasteiger partial charge in [-0.2, -0.15) is 0 Å². The number of aromatic nitrogens is 2. The molecule has 0 spiro atoms. The van der Waals surface area contributed by atoms with Gasteiger partial charge in [0.15, 0.2) is 5.82 Å². The Morgan fingerprint density at radius 1 is 1.07 bits per heavy atom. The Bertz CT molecular complexity index is 1580. The van der Waals surface area contributed by atoms with Crippen LogP contribution in [0, 0.1) is 18.6 Å². The number of likely N-dealkylation sites (tertiary alicyclic amines) is 1. The Morgan fingerprint density at radius 3 is 2.63 bits per heavy atom. The largest absolute Gasteiger partial charge is 0.385 e. The first-order chi connectivity index (χ1) is 19.9. The highest BCUT2D eigenvalue weighted by Gasteiger charge is 2.29. The van der Waals surface area contributed by atoms with Gasteiger partial charge in [-0.1, -0.05) is 36.4 Å². The Morgan fingerprint density at radius 2 is 1.88 bits per heavy atom. The molecule has 0 radical (unpaired) electrons. The zero-order valence-corrected chi connectivity index (χ0v) is 23.7. The van der Waals surface area contributed by atoms with E-state index < -0.39 is 11.4 Å². The zero-order valence-electron chi connectivity index (χ0n) is 23.7. The molecule has 1 saturated heterocycles. The predicted octanol–water partition coefficient (Wildman–Crippen LogP) is 6.35. The van der Waals surface area contributed by atoms with Gasteiger partial charge in [-0.25, -0.2) is 8.78 Å². The molecule has 0 aliphatic carbocycles. The molecule has 0 bridgehead atoms. The molecule has 1 fully saturated rings. The molecule has 216 valence electrons. The first-order valence-electron chi connectivity index (χ1n) is 14.4. The quantitative estimate of drug-likeness (QED) is 0.230. The van der Waals surface area contributed by atoms with E-state index in [0.29, 0.717) is 37.2 Å². The second kappa shape index (κ2) is 12.8. The number of piperidine rings is 1. The summed E-state index contributed by atoms with van der Waals surface area (Å²) in [6.45, 7) is 4.75. The molecule has 1 aliphatic heterocycles. The second-order valence-corrected chi connectivity index (χ2v) is 10.9. The van der Waals surface area contributed by atoms with Crippen LogP contribution in [0.3, 0.4) is 0 Å². The van der Waals surface area contributed by atoms with Gasteiger partial charge in [0.05, 0.1) is 5.52 Å². The maximum atomic E-state index is 15.0. The number of rotatable bonds is 10. The van der Waals surface area contributed by atoms with E-state index in [1.807, 2.05) is 35.2 Å². The van der Waals surface area contributed by atoms with Crippen LogP contribution in [-0.2, 0) is 22.5 Å². The Kier molecular flexibility index (Phi) is 8.98. The Hall–Kier alpha value is -3.78. The molecule has 1 N–H and O–H groups in total. The highest BCUT2D eigenvalue weighted by molar-refractivity contribution is 5.86. The number of ether oxygens (including phenoxy) is 1. The fourth-order valence-electron chi connectivity index (χ4n) is 6.19. The van der Waals surface area contributed by atoms with Crippen LogP contribution in [0.25, 0.3) is 22.0 Å². The molecule has 41 heavy (non-hydrogen) atoms. The predicted molar refractivity (Wildman–Crippen MR) is 157 cm³/mol. The molecule has 0 saturated carbocycles. The van der Waals surface area contributed by atoms with Crippen LogP contribution < -0.4 is 5.56 Å². The third kappa shape index (κ3) is 6.27. The third-order valence-electron chi connectivity index (χ3n) is 8.23. The van der Waals surface area contributed by atoms with Crippen molar-refractivity contribution in [1.29, 1.82) is 0 Å². The number of nitrogens with one attached hydrogen (secondary N) is 1. The normalized spacial score (nSPS) is 15.5. The number of benzene rings is 2. The first-order valence-corrected chi connectivity index (χ1v) is 14.4. The number of hydrogen-bond acceptors (Lipinski definition) is 3. The van der Waals surface area contributed by atoms with Gasteiger partial charge in [-0.3, -0.25) is 9.59 Å². The van der Waals surface area contributed by atoms with Gasteiger partial charge in [0.1, 0.15) is 5.82 Å². The number of nitrogens with zero attached hydrogens (tertiary/aromatic N) is 2. The number of carbonyl (C=O) groups is 1. The number of methoxy groups -OCH3 is 1. The number of halogens is 2. The average Bonchev–Trinajstić information content (AvgIpc) is 3.27. The van der Waals surface area contributed by atoms with Crippen LogP contribution in [0.4, 0.5) is 8.78 Å². The van der Waals surface area contributed by atoms with E-state index in [9.17, 15) is 18.4 Å². The van der Waals surface area contributed by atoms with Crippen molar-refractivity contribution >= 4 is 16.8 Å². The van der Waals surface area contributed by atoms with Crippen molar-refractivity contribution in [3.05, 3.63) is 93.5 Å². The van der Waals surface area contributed by atoms with Crippen LogP contribution in [-0.4, -0.2) is 47.2 Å². The fourth-order valence-corrected chi connectivity index (χ4v) is 6.19. The number of para-hydroxylation sites is 1. The number of amides is 1. The summed E-state index contributed by atoms with van der Waals surface area (Å²) in [6.07, 6.45) is 6.14. The van der Waals surface area contributed by atoms with Gasteiger partial charge in [-0.05, 0) is 67.9 Å². The van der Waals surface area contributed by atoms with E-state index >= 15 is 0 Å². The number of fused-ring (bicyclic) bond motifs is 1. The topological polar surface area (TPSA) is 67.3 Å². The zero-order chi connectivity index (χ0) is 28.9. The molecule has 1 atom stereocenters. The van der Waals surface area contributed by atoms with Crippen LogP contribution in [0.1, 0.15) is 54.8 Å². The lowest BCUT2D eigenvalue weighted by Gasteiger charge is -2.34. The van der Waals surface area contributed by atoms with E-state index in [-0.39, 0.29) is 17.6 Å². The van der Waals surface area contributed by atoms with Crippen molar-refractivity contribution in [2.24, 2.45) is 0 Å². The summed E-state index contributed by atoms with van der Waals surface area (Å²) in [5.74, 6) is -0.704. The maximum Gasteiger partial charge on any atom is 0.283 e. The number of H-pyrrole nitrogens is 1. The molecule has 2 aromatic carbocycles. The number of pyridine rings is 1. The van der Waals surface area contributed by atoms with Crippen molar-refractivity contribution in [2.45, 2.75) is 57.9 Å². The molecular formula is C33H37F2N3O3. The van der Waals surface area contributed by atoms with E-state index in [2.05, 4.69) is 16.5 Å². The van der Waals surface area contributed by atoms with E-state index in [1.54, 1.807) is 13.2 Å². The molecular weight excluding hydrogens is 524 g/mol. The van der Waals surface area contributed by atoms with Crippen LogP contribution in [0.2, 0.25) is 0 Å². The minimum absolute atomic E-state index is 0.154. The van der Waals surface area contributed by atoms with Crippen molar-refractivity contribution in [1.82, 2.24) is 14.5 Å². The number of hydrogen-bond donors (Lipinski definition) is 1. The van der Waals surface area contributed by atoms with Crippen molar-refractivity contribution in [2.75, 3.05) is 26.8 Å². The van der Waals surface area contributed by atoms with E-state index in [1.165, 1.54) is 18.3 Å². The summed E-state index contributed by atoms with van der Waals surface area (Å²) < 4.78 is 36.0. The molecule has 2 aromatic heterocycles. The lowest BCUT2D eigenvalue weighted by Crippen LogP contribution is -2.39. The molecule has 6 nitrogen and oxygen atoms in total. The van der Waals surface area contributed by atoms with Crippen molar-refractivity contribution < 1.29 is 18.3 Å². The SMILES string of the molecule is COCCCn1c(C2CCCN(C(=O)CCCc3ccc(-c4c[nH]c(=O)c(F)c4)cc3)C2)c(C)c2cccc(F)c21. The summed E-state index contributed by atoms with van der Waals surface area (Å²) in [7, 11) is 1.68. The molecule has 1 unspecified atom stereocenters. The summed E-state index contributed by atoms with van der Waals surface area (Å²) in [5, 5.41) is 0.942. The highest BCUT2D eigenvalue weighted by Crippen LogP contribution is 2.37. The first kappa shape index (κ1) is 28.7. The monoisotopic (exact) mass is 561 g/mol. The lowest BCUT2D eigenvalue weighted by atomic mass is 9.91. The van der Waals surface area contributed by atoms with Gasteiger partial charge in [-0.15, -0.1) is 0 Å². The molecule has 5 rings (SSSR count). The van der Waals surface area contributed by atoms with Gasteiger partial charge < -0.3 is 19.2 Å². The van der Waals surface area contributed by atoms with Crippen LogP contribution >= 0.6 is 0 Å². The summed E-state index contributed by atoms with van der Waals surface area (Å²) >= 11 is 0. The standard InChI is InChI=1S/C33H37F2N3O3/c1-22-27-9-4-10-28(34)32(27)38(17-6-18-41-2)31(22)25-8-5-16-37(21-25)30(39)11-3-7-23-12-14-24(15-13-23)26-19-29(35)33(40)36-20-26/h4,9-10,12-15,19-20,25H,3,5-8,11,16-18,21H2,1-2H3,(H,36,40). The summed E-state index contributed by atoms with van der Waals surface area (Å²) in [4.78, 5) is 28.9. The molecule has 4 aromatic rings. The van der Waals surface area contributed by atoms with Gasteiger partial charge in [0.2, 0.25) is 5.91 Å². The van der Waals surface area contributed by atoms with Gasteiger partial charge in [0.25, 0.3) is 5.56 Å². The molecule has 8 heteroatoms. The number of aromatic amines is 1. The van der Waals surface area contributed by atoms with Crippen LogP contribution in [0.15, 0.2) is 59.5 Å². The fraction of sp³-hybridized carbons (Fsp3) is 0.394. The average molecular weight is 562 g/mol. The maximum absolute atomic E-state index is 15.0. The van der Waals surface area contributed by atoms with Crippen molar-refractivity contribution in [3.8, 4) is 11.1 Å². The van der Waals surface area contributed by atoms with Crippen LogP contribution in [0.5, 0.6) is 0 Å². The minimum atomic E-state index is -0.806. The van der Waals surface area contributed by atoms with Gasteiger partial charge in [0, 0.05) is 68.5 Å². The Balaban J connectivity index is 1.22. The Labute approximate surface area is 238 Å².